The molecular weight excluding hydrogens is 748 g/mol. The van der Waals surface area contributed by atoms with E-state index in [2.05, 4.69) is 15.9 Å². The second-order valence-electron chi connectivity index (χ2n) is 14.8. The summed E-state index contributed by atoms with van der Waals surface area (Å²) in [6.45, 7) is 3.95. The van der Waals surface area contributed by atoms with E-state index in [-0.39, 0.29) is 60.9 Å². The Morgan fingerprint density at radius 3 is 0.836 bits per heavy atom. The van der Waals surface area contributed by atoms with Gasteiger partial charge >= 0.3 is 0 Å². The second-order valence-corrected chi connectivity index (χ2v) is 15.8. The zero-order valence-electron chi connectivity index (χ0n) is 30.7. The summed E-state index contributed by atoms with van der Waals surface area (Å²) in [6, 6.07) is 39.3. The van der Waals surface area contributed by atoms with E-state index in [9.17, 15) is 25.5 Å². The summed E-state index contributed by atoms with van der Waals surface area (Å²) < 4.78 is 0.766. The molecule has 0 saturated carbocycles. The number of benzene rings is 7. The molecule has 0 heterocycles. The molecule has 0 spiro atoms. The van der Waals surface area contributed by atoms with E-state index in [1.807, 2.05) is 135 Å². The van der Waals surface area contributed by atoms with Gasteiger partial charge in [0, 0.05) is 36.6 Å². The number of aromatic hydroxyl groups is 5. The predicted molar refractivity (Wildman–Crippen MR) is 223 cm³/mol. The van der Waals surface area contributed by atoms with Crippen molar-refractivity contribution in [3.8, 4) is 51.0 Å². The fraction of sp³-hybridized carbons (Fsp3) is 0.143. The molecule has 8 rings (SSSR count). The Balaban J connectivity index is 1.39. The molecule has 0 aromatic heterocycles. The number of hydrogen-bond acceptors (Lipinski definition) is 5. The van der Waals surface area contributed by atoms with Crippen molar-refractivity contribution in [3.05, 3.63) is 193 Å². The summed E-state index contributed by atoms with van der Waals surface area (Å²) in [6.07, 6.45) is 1.28. The van der Waals surface area contributed by atoms with E-state index < -0.39 is 0 Å². The van der Waals surface area contributed by atoms with Gasteiger partial charge in [0.05, 0.1) is 0 Å². The summed E-state index contributed by atoms with van der Waals surface area (Å²) in [5.41, 5.74) is 12.0. The number of halogens is 1. The van der Waals surface area contributed by atoms with Gasteiger partial charge in [-0.2, -0.15) is 0 Å². The van der Waals surface area contributed by atoms with Crippen molar-refractivity contribution in [3.63, 3.8) is 0 Å². The lowest BCUT2D eigenvalue weighted by Crippen LogP contribution is -2.02. The summed E-state index contributed by atoms with van der Waals surface area (Å²) in [7, 11) is 0. The molecule has 5 nitrogen and oxygen atoms in total. The average Bonchev–Trinajstić information content (AvgIpc) is 3.17. The zero-order valence-corrected chi connectivity index (χ0v) is 32.3. The molecule has 10 bridgehead atoms. The summed E-state index contributed by atoms with van der Waals surface area (Å²) in [4.78, 5) is 0. The molecular formula is C49H41BrO5. The molecule has 5 N–H and O–H groups in total. The fourth-order valence-electron chi connectivity index (χ4n) is 8.07. The Kier molecular flexibility index (Phi) is 9.62. The number of rotatable bonds is 2. The lowest BCUT2D eigenvalue weighted by molar-refractivity contribution is 0.451. The maximum Gasteiger partial charge on any atom is 0.122 e. The number of fused-ring (bicyclic) bond motifs is 10. The first kappa shape index (κ1) is 36.0. The van der Waals surface area contributed by atoms with Crippen LogP contribution in [-0.4, -0.2) is 25.5 Å². The van der Waals surface area contributed by atoms with Crippen LogP contribution >= 0.6 is 15.9 Å². The van der Waals surface area contributed by atoms with E-state index in [1.54, 1.807) is 0 Å². The molecule has 1 aliphatic carbocycles. The largest absolute Gasteiger partial charge is 0.507 e. The van der Waals surface area contributed by atoms with E-state index in [0.717, 1.165) is 37.9 Å². The highest BCUT2D eigenvalue weighted by Gasteiger charge is 2.22. The molecule has 6 heteroatoms. The van der Waals surface area contributed by atoms with Crippen LogP contribution in [0.4, 0.5) is 0 Å². The third-order valence-corrected chi connectivity index (χ3v) is 11.2. The number of phenolic OH excluding ortho intramolecular Hbond substituents is 5. The van der Waals surface area contributed by atoms with Crippen molar-refractivity contribution >= 4 is 15.9 Å². The van der Waals surface area contributed by atoms with Gasteiger partial charge in [-0.3, -0.25) is 0 Å². The molecule has 7 aromatic rings. The van der Waals surface area contributed by atoms with Gasteiger partial charge in [0.2, 0.25) is 0 Å². The Hall–Kier alpha value is -5.98. The molecule has 0 saturated heterocycles. The molecule has 55 heavy (non-hydrogen) atoms. The lowest BCUT2D eigenvalue weighted by Gasteiger charge is -2.19. The lowest BCUT2D eigenvalue weighted by atomic mass is 9.88. The van der Waals surface area contributed by atoms with Crippen LogP contribution in [0.15, 0.2) is 126 Å². The fourth-order valence-corrected chi connectivity index (χ4v) is 8.63. The van der Waals surface area contributed by atoms with Crippen LogP contribution in [0.5, 0.6) is 28.7 Å². The van der Waals surface area contributed by atoms with Gasteiger partial charge in [-0.1, -0.05) is 112 Å². The summed E-state index contributed by atoms with van der Waals surface area (Å²) in [5, 5.41) is 59.5. The van der Waals surface area contributed by atoms with Crippen LogP contribution in [0.25, 0.3) is 22.3 Å². The Labute approximate surface area is 329 Å². The van der Waals surface area contributed by atoms with Gasteiger partial charge in [0.15, 0.2) is 0 Å². The normalized spacial score (nSPS) is 12.6. The van der Waals surface area contributed by atoms with E-state index in [4.69, 9.17) is 0 Å². The molecule has 0 fully saturated rings. The first-order valence-electron chi connectivity index (χ1n) is 18.4. The van der Waals surface area contributed by atoms with Crippen LogP contribution in [0.1, 0.15) is 66.8 Å². The van der Waals surface area contributed by atoms with Gasteiger partial charge in [-0.15, -0.1) is 0 Å². The average molecular weight is 790 g/mol. The van der Waals surface area contributed by atoms with Gasteiger partial charge in [-0.25, -0.2) is 0 Å². The molecule has 0 unspecified atom stereocenters. The van der Waals surface area contributed by atoms with Crippen molar-refractivity contribution in [2.75, 3.05) is 0 Å². The van der Waals surface area contributed by atoms with Gasteiger partial charge in [-0.05, 0) is 128 Å². The van der Waals surface area contributed by atoms with E-state index >= 15 is 0 Å². The van der Waals surface area contributed by atoms with Crippen molar-refractivity contribution in [1.29, 1.82) is 0 Å². The van der Waals surface area contributed by atoms with E-state index in [1.165, 1.54) is 0 Å². The number of phenols is 5. The summed E-state index contributed by atoms with van der Waals surface area (Å²) in [5.74, 6) is 0.491. The number of aryl methyl sites for hydroxylation is 2. The maximum atomic E-state index is 12.1. The number of hydrogen-bond donors (Lipinski definition) is 5. The minimum Gasteiger partial charge on any atom is -0.507 e. The Morgan fingerprint density at radius 2 is 0.564 bits per heavy atom. The van der Waals surface area contributed by atoms with Crippen molar-refractivity contribution in [2.24, 2.45) is 0 Å². The Morgan fingerprint density at radius 1 is 0.327 bits per heavy atom. The second kappa shape index (κ2) is 14.7. The molecule has 274 valence electrons. The maximum absolute atomic E-state index is 12.1. The minimum atomic E-state index is 0.0952. The van der Waals surface area contributed by atoms with E-state index in [0.29, 0.717) is 55.6 Å². The first-order chi connectivity index (χ1) is 26.5. The molecule has 0 radical (unpaired) electrons. The third kappa shape index (κ3) is 7.30. The van der Waals surface area contributed by atoms with Crippen LogP contribution in [0.3, 0.4) is 0 Å². The topological polar surface area (TPSA) is 101 Å². The third-order valence-electron chi connectivity index (χ3n) is 10.7. The molecule has 7 aromatic carbocycles. The van der Waals surface area contributed by atoms with Gasteiger partial charge in [0.1, 0.15) is 28.7 Å². The zero-order chi connectivity index (χ0) is 38.4. The quantitative estimate of drug-likeness (QED) is 0.120. The molecule has 1 aliphatic rings. The molecule has 0 aliphatic heterocycles. The highest BCUT2D eigenvalue weighted by molar-refractivity contribution is 9.10. The monoisotopic (exact) mass is 788 g/mol. The molecule has 0 amide bonds. The van der Waals surface area contributed by atoms with Gasteiger partial charge < -0.3 is 25.5 Å². The van der Waals surface area contributed by atoms with Crippen LogP contribution < -0.4 is 0 Å². The first-order valence-corrected chi connectivity index (χ1v) is 19.2. The smallest absolute Gasteiger partial charge is 0.122 e. The molecule has 0 atom stereocenters. The van der Waals surface area contributed by atoms with Gasteiger partial charge in [0.25, 0.3) is 0 Å². The van der Waals surface area contributed by atoms with Crippen molar-refractivity contribution in [1.82, 2.24) is 0 Å². The van der Waals surface area contributed by atoms with Crippen molar-refractivity contribution < 1.29 is 25.5 Å². The highest BCUT2D eigenvalue weighted by Crippen LogP contribution is 2.42. The SMILES string of the molecule is Cc1cc2c(O)c(c1)Cc1cc(-c3ccccc3)cc(c1O)Cc1cc(-c3ccccc3)cc(c1O)Cc1cc(C)cc(c1O)Cc1cc(Br)cc(c1O)C2. The van der Waals surface area contributed by atoms with Crippen LogP contribution in [0, 0.1) is 13.8 Å². The standard InChI is InChI=1S/C49H41BrO5/c1-28-13-34-21-38-17-32(30-9-5-3-6-10-30)19-40(47(38)53)25-41-20-33(31-11-7-4-8-12-31)18-39(48(41)54)22-35-14-29(2)16-37(46(35)52)24-43-27-44(50)26-42(49(43)55)23-36(15-28)45(34)51/h3-20,26-27,51-55H,21-25H2,1-2H3. The minimum absolute atomic E-state index is 0.0952. The predicted octanol–water partition coefficient (Wildman–Crippen LogP) is 11.2. The van der Waals surface area contributed by atoms with Crippen LogP contribution in [0.2, 0.25) is 0 Å². The Bertz CT molecular complexity index is 2420. The van der Waals surface area contributed by atoms with Crippen molar-refractivity contribution in [2.45, 2.75) is 46.0 Å². The van der Waals surface area contributed by atoms with Crippen LogP contribution in [-0.2, 0) is 32.1 Å². The summed E-state index contributed by atoms with van der Waals surface area (Å²) >= 11 is 3.65. The highest BCUT2D eigenvalue weighted by atomic mass is 79.9.